The maximum Gasteiger partial charge on any atom is 0.227 e. The van der Waals surface area contributed by atoms with E-state index in [0.717, 1.165) is 16.3 Å². The molecule has 0 bridgehead atoms. The number of methoxy groups -OCH3 is 1. The number of likely N-dealkylation sites (N-methyl/N-ethyl adjacent to an activating group) is 1. The number of hydrogen-bond donors (Lipinski definition) is 1. The molecule has 1 aliphatic heterocycles. The molecule has 0 aliphatic carbocycles. The Balaban J connectivity index is 1.70. The number of ether oxygens (including phenoxy) is 2. The summed E-state index contributed by atoms with van der Waals surface area (Å²) < 4.78 is 10.7. The van der Waals surface area contributed by atoms with E-state index in [1.54, 1.807) is 11.9 Å². The Hall–Kier alpha value is -1.95. The molecule has 0 saturated carbocycles. The van der Waals surface area contributed by atoms with Crippen LogP contribution < -0.4 is 0 Å². The van der Waals surface area contributed by atoms with Gasteiger partial charge in [-0.2, -0.15) is 0 Å². The normalized spacial score (nSPS) is 24.0. The van der Waals surface area contributed by atoms with E-state index in [4.69, 9.17) is 9.47 Å². The molecule has 0 spiro atoms. The van der Waals surface area contributed by atoms with Crippen molar-refractivity contribution in [1.82, 2.24) is 4.90 Å². The van der Waals surface area contributed by atoms with Crippen LogP contribution in [-0.4, -0.2) is 61.5 Å². The predicted molar refractivity (Wildman–Crippen MR) is 91.8 cm³/mol. The largest absolute Gasteiger partial charge is 0.388 e. The zero-order chi connectivity index (χ0) is 17.1. The third kappa shape index (κ3) is 3.43. The van der Waals surface area contributed by atoms with Crippen LogP contribution in [0.15, 0.2) is 42.5 Å². The molecule has 2 aromatic carbocycles. The maximum absolute atomic E-state index is 12.6. The summed E-state index contributed by atoms with van der Waals surface area (Å²) in [4.78, 5) is 14.2. The van der Waals surface area contributed by atoms with E-state index >= 15 is 0 Å². The Morgan fingerprint density at radius 2 is 2.00 bits per heavy atom. The van der Waals surface area contributed by atoms with Crippen LogP contribution in [0.5, 0.6) is 0 Å². The molecule has 0 aromatic heterocycles. The number of fused-ring (bicyclic) bond motifs is 1. The van der Waals surface area contributed by atoms with Gasteiger partial charge in [0.15, 0.2) is 0 Å². The third-order valence-electron chi connectivity index (χ3n) is 4.71. The summed E-state index contributed by atoms with van der Waals surface area (Å²) in [5.74, 6) is -0.0466. The second-order valence-electron chi connectivity index (χ2n) is 6.23. The molecule has 3 rings (SSSR count). The van der Waals surface area contributed by atoms with E-state index in [2.05, 4.69) is 0 Å². The monoisotopic (exact) mass is 329 g/mol. The molecule has 24 heavy (non-hydrogen) atoms. The van der Waals surface area contributed by atoms with Gasteiger partial charge in [-0.1, -0.05) is 42.5 Å². The van der Waals surface area contributed by atoms with Gasteiger partial charge >= 0.3 is 0 Å². The number of aliphatic hydroxyl groups excluding tert-OH is 1. The highest BCUT2D eigenvalue weighted by molar-refractivity contribution is 5.85. The topological polar surface area (TPSA) is 59.0 Å². The highest BCUT2D eigenvalue weighted by Gasteiger charge is 2.36. The number of amides is 1. The molecule has 1 heterocycles. The van der Waals surface area contributed by atoms with Gasteiger partial charge in [-0.25, -0.2) is 0 Å². The number of aliphatic hydroxyl groups is 1. The van der Waals surface area contributed by atoms with Crippen LogP contribution in [0.25, 0.3) is 10.8 Å². The zero-order valence-electron chi connectivity index (χ0n) is 14.0. The van der Waals surface area contributed by atoms with Crippen LogP contribution in [0, 0.1) is 0 Å². The SMILES string of the molecule is CO[C@@H]1COC[C@@H](N(C)C(=O)Cc2ccc3ccccc3c2)[C@@H]1O. The molecule has 5 nitrogen and oxygen atoms in total. The lowest BCUT2D eigenvalue weighted by Gasteiger charge is -2.38. The van der Waals surface area contributed by atoms with E-state index in [9.17, 15) is 9.90 Å². The lowest BCUT2D eigenvalue weighted by molar-refractivity contribution is -0.157. The summed E-state index contributed by atoms with van der Waals surface area (Å²) in [7, 11) is 3.25. The summed E-state index contributed by atoms with van der Waals surface area (Å²) >= 11 is 0. The van der Waals surface area contributed by atoms with Crippen LogP contribution in [0.4, 0.5) is 0 Å². The molecular weight excluding hydrogens is 306 g/mol. The van der Waals surface area contributed by atoms with Crippen molar-refractivity contribution in [3.8, 4) is 0 Å². The van der Waals surface area contributed by atoms with Crippen molar-refractivity contribution in [3.05, 3.63) is 48.0 Å². The van der Waals surface area contributed by atoms with Crippen molar-refractivity contribution in [2.75, 3.05) is 27.4 Å². The lowest BCUT2D eigenvalue weighted by Crippen LogP contribution is -2.57. The first kappa shape index (κ1) is 16.9. The summed E-state index contributed by atoms with van der Waals surface area (Å²) in [5.41, 5.74) is 0.958. The molecule has 3 atom stereocenters. The van der Waals surface area contributed by atoms with Gasteiger partial charge in [0, 0.05) is 14.2 Å². The summed E-state index contributed by atoms with van der Waals surface area (Å²) in [5, 5.41) is 12.6. The highest BCUT2D eigenvalue weighted by Crippen LogP contribution is 2.19. The minimum absolute atomic E-state index is 0.0466. The van der Waals surface area contributed by atoms with Gasteiger partial charge in [0.05, 0.1) is 25.7 Å². The average Bonchev–Trinajstić information content (AvgIpc) is 2.61. The standard InChI is InChI=1S/C19H23NO4/c1-20(16-11-24-12-17(23-2)19(16)22)18(21)10-13-7-8-14-5-3-4-6-15(14)9-13/h3-9,16-17,19,22H,10-12H2,1-2H3/t16-,17-,19+/m1/s1. The Labute approximate surface area is 141 Å². The van der Waals surface area contributed by atoms with Gasteiger partial charge in [0.1, 0.15) is 12.2 Å². The van der Waals surface area contributed by atoms with E-state index in [0.29, 0.717) is 19.6 Å². The Morgan fingerprint density at radius 3 is 2.75 bits per heavy atom. The molecule has 1 aliphatic rings. The summed E-state index contributed by atoms with van der Waals surface area (Å²) in [6, 6.07) is 13.7. The summed E-state index contributed by atoms with van der Waals surface area (Å²) in [6.07, 6.45) is -0.851. The number of carbonyl (C=O) groups is 1. The fourth-order valence-corrected chi connectivity index (χ4v) is 3.13. The fraction of sp³-hybridized carbons (Fsp3) is 0.421. The van der Waals surface area contributed by atoms with E-state index in [1.165, 1.54) is 7.11 Å². The Kier molecular flexibility index (Phi) is 5.14. The number of hydrogen-bond acceptors (Lipinski definition) is 4. The second-order valence-corrected chi connectivity index (χ2v) is 6.23. The Morgan fingerprint density at radius 1 is 1.25 bits per heavy atom. The van der Waals surface area contributed by atoms with Crippen molar-refractivity contribution in [3.63, 3.8) is 0 Å². The lowest BCUT2D eigenvalue weighted by atomic mass is 10.0. The molecule has 2 aromatic rings. The fourth-order valence-electron chi connectivity index (χ4n) is 3.13. The van der Waals surface area contributed by atoms with Crippen LogP contribution in [0.2, 0.25) is 0 Å². The second kappa shape index (κ2) is 7.30. The average molecular weight is 329 g/mol. The van der Waals surface area contributed by atoms with Crippen molar-refractivity contribution in [2.24, 2.45) is 0 Å². The molecule has 1 amide bonds. The first-order valence-electron chi connectivity index (χ1n) is 8.12. The molecule has 0 radical (unpaired) electrons. The van der Waals surface area contributed by atoms with E-state index in [1.807, 2.05) is 42.5 Å². The number of carbonyl (C=O) groups excluding carboxylic acids is 1. The van der Waals surface area contributed by atoms with Crippen LogP contribution in [-0.2, 0) is 20.7 Å². The smallest absolute Gasteiger partial charge is 0.227 e. The maximum atomic E-state index is 12.6. The van der Waals surface area contributed by atoms with Gasteiger partial charge in [-0.05, 0) is 16.3 Å². The third-order valence-corrected chi connectivity index (χ3v) is 4.71. The number of rotatable bonds is 4. The van der Waals surface area contributed by atoms with Gasteiger partial charge in [0.25, 0.3) is 0 Å². The van der Waals surface area contributed by atoms with Crippen LogP contribution >= 0.6 is 0 Å². The van der Waals surface area contributed by atoms with Crippen molar-refractivity contribution >= 4 is 16.7 Å². The van der Waals surface area contributed by atoms with Gasteiger partial charge < -0.3 is 19.5 Å². The molecule has 128 valence electrons. The van der Waals surface area contributed by atoms with Gasteiger partial charge in [0.2, 0.25) is 5.91 Å². The zero-order valence-corrected chi connectivity index (χ0v) is 14.0. The molecule has 5 heteroatoms. The number of nitrogens with zero attached hydrogens (tertiary/aromatic N) is 1. The van der Waals surface area contributed by atoms with Gasteiger partial charge in [-0.3, -0.25) is 4.79 Å². The Bertz CT molecular complexity index is 717. The van der Waals surface area contributed by atoms with Crippen LogP contribution in [0.1, 0.15) is 5.56 Å². The summed E-state index contributed by atoms with van der Waals surface area (Å²) in [6.45, 7) is 0.669. The van der Waals surface area contributed by atoms with Crippen molar-refractivity contribution in [2.45, 2.75) is 24.7 Å². The molecule has 1 N–H and O–H groups in total. The van der Waals surface area contributed by atoms with Gasteiger partial charge in [-0.15, -0.1) is 0 Å². The van der Waals surface area contributed by atoms with E-state index in [-0.39, 0.29) is 5.91 Å². The highest BCUT2D eigenvalue weighted by atomic mass is 16.5. The minimum atomic E-state index is -0.741. The van der Waals surface area contributed by atoms with Crippen molar-refractivity contribution < 1.29 is 19.4 Å². The van der Waals surface area contributed by atoms with Crippen molar-refractivity contribution in [1.29, 1.82) is 0 Å². The first-order chi connectivity index (χ1) is 11.6. The molecule has 1 saturated heterocycles. The predicted octanol–water partition coefficient (Wildman–Crippen LogP) is 1.62. The van der Waals surface area contributed by atoms with Crippen LogP contribution in [0.3, 0.4) is 0 Å². The molecular formula is C19H23NO4. The minimum Gasteiger partial charge on any atom is -0.388 e. The van der Waals surface area contributed by atoms with E-state index < -0.39 is 18.2 Å². The quantitative estimate of drug-likeness (QED) is 0.926. The molecule has 0 unspecified atom stereocenters. The molecule has 1 fully saturated rings. The number of benzene rings is 2. The first-order valence-corrected chi connectivity index (χ1v) is 8.12.